The molecule has 1 aliphatic rings. The first-order chi connectivity index (χ1) is 10.0. The van der Waals surface area contributed by atoms with Crippen LogP contribution in [0.1, 0.15) is 18.1 Å². The van der Waals surface area contributed by atoms with Crippen molar-refractivity contribution in [2.45, 2.75) is 18.9 Å². The zero-order valence-corrected chi connectivity index (χ0v) is 13.1. The van der Waals surface area contributed by atoms with E-state index in [0.717, 1.165) is 13.0 Å². The molecule has 2 rings (SSSR count). The Morgan fingerprint density at radius 3 is 2.95 bits per heavy atom. The predicted molar refractivity (Wildman–Crippen MR) is 84.2 cm³/mol. The van der Waals surface area contributed by atoms with Gasteiger partial charge in [0.25, 0.3) is 0 Å². The summed E-state index contributed by atoms with van der Waals surface area (Å²) in [4.78, 5) is 13.9. The number of benzene rings is 1. The van der Waals surface area contributed by atoms with Gasteiger partial charge in [0.05, 0.1) is 13.2 Å². The molecule has 21 heavy (non-hydrogen) atoms. The van der Waals surface area contributed by atoms with Crippen molar-refractivity contribution in [3.63, 3.8) is 0 Å². The van der Waals surface area contributed by atoms with Crippen LogP contribution >= 0.6 is 0 Å². The van der Waals surface area contributed by atoms with Gasteiger partial charge in [-0.05, 0) is 38.6 Å². The second-order valence-corrected chi connectivity index (χ2v) is 5.87. The van der Waals surface area contributed by atoms with E-state index in [-0.39, 0.29) is 5.91 Å². The molecule has 114 valence electrons. The number of hydrogen-bond donors (Lipinski definition) is 1. The Labute approximate surface area is 126 Å². The third-order valence-corrected chi connectivity index (χ3v) is 3.72. The molecule has 0 bridgehead atoms. The van der Waals surface area contributed by atoms with Crippen molar-refractivity contribution in [3.8, 4) is 0 Å². The van der Waals surface area contributed by atoms with Gasteiger partial charge in [-0.25, -0.2) is 0 Å². The van der Waals surface area contributed by atoms with E-state index in [1.54, 1.807) is 6.08 Å². The first-order valence-corrected chi connectivity index (χ1v) is 7.33. The third kappa shape index (κ3) is 4.16. The van der Waals surface area contributed by atoms with Gasteiger partial charge >= 0.3 is 0 Å². The summed E-state index contributed by atoms with van der Waals surface area (Å²) in [6.45, 7) is 3.97. The lowest BCUT2D eigenvalue weighted by atomic mass is 9.87. The molecule has 1 aliphatic heterocycles. The molecule has 0 aliphatic carbocycles. The van der Waals surface area contributed by atoms with Crippen molar-refractivity contribution in [1.29, 1.82) is 0 Å². The molecule has 0 radical (unpaired) electrons. The molecule has 1 heterocycles. The van der Waals surface area contributed by atoms with Crippen LogP contribution in [0, 0.1) is 0 Å². The van der Waals surface area contributed by atoms with Gasteiger partial charge in [-0.15, -0.1) is 0 Å². The Bertz CT molecular complexity index is 525. The zero-order valence-electron chi connectivity index (χ0n) is 13.1. The average molecular weight is 288 g/mol. The maximum absolute atomic E-state index is 11.8. The summed E-state index contributed by atoms with van der Waals surface area (Å²) >= 11 is 0. The van der Waals surface area contributed by atoms with E-state index in [4.69, 9.17) is 4.74 Å². The number of carbonyl (C=O) groups excluding carboxylic acids is 1. The van der Waals surface area contributed by atoms with Crippen molar-refractivity contribution >= 4 is 5.91 Å². The molecule has 4 nitrogen and oxygen atoms in total. The van der Waals surface area contributed by atoms with Gasteiger partial charge in [0.15, 0.2) is 0 Å². The second-order valence-electron chi connectivity index (χ2n) is 5.87. The Morgan fingerprint density at radius 1 is 1.43 bits per heavy atom. The van der Waals surface area contributed by atoms with Gasteiger partial charge in [0, 0.05) is 12.6 Å². The van der Waals surface area contributed by atoms with E-state index in [2.05, 4.69) is 17.4 Å². The number of nitrogens with zero attached hydrogens (tertiary/aromatic N) is 1. The Hall–Kier alpha value is -1.65. The molecule has 0 fully saturated rings. The summed E-state index contributed by atoms with van der Waals surface area (Å²) in [5.41, 5.74) is 2.04. The normalized spacial score (nSPS) is 21.5. The van der Waals surface area contributed by atoms with Crippen molar-refractivity contribution in [2.24, 2.45) is 0 Å². The summed E-state index contributed by atoms with van der Waals surface area (Å²) in [6.07, 6.45) is 4.37. The smallest absolute Gasteiger partial charge is 0.243 e. The van der Waals surface area contributed by atoms with Gasteiger partial charge in [-0.3, -0.25) is 4.79 Å². The van der Waals surface area contributed by atoms with Crippen LogP contribution in [0.4, 0.5) is 0 Å². The van der Waals surface area contributed by atoms with E-state index in [0.29, 0.717) is 13.2 Å². The molecule has 0 saturated heterocycles. The van der Waals surface area contributed by atoms with Crippen LogP contribution in [-0.2, 0) is 21.6 Å². The van der Waals surface area contributed by atoms with Crippen LogP contribution in [0.5, 0.6) is 0 Å². The largest absolute Gasteiger partial charge is 0.368 e. The summed E-state index contributed by atoms with van der Waals surface area (Å²) in [6, 6.07) is 8.29. The highest BCUT2D eigenvalue weighted by Crippen LogP contribution is 2.32. The lowest BCUT2D eigenvalue weighted by Gasteiger charge is -2.36. The van der Waals surface area contributed by atoms with E-state index >= 15 is 0 Å². The second kappa shape index (κ2) is 6.87. The quantitative estimate of drug-likeness (QED) is 0.839. The van der Waals surface area contributed by atoms with Crippen molar-refractivity contribution in [3.05, 3.63) is 47.5 Å². The van der Waals surface area contributed by atoms with E-state index in [9.17, 15) is 4.79 Å². The monoisotopic (exact) mass is 288 g/mol. The fraction of sp³-hybridized carbons (Fsp3) is 0.471. The van der Waals surface area contributed by atoms with Crippen molar-refractivity contribution < 1.29 is 9.53 Å². The molecule has 1 aromatic carbocycles. The molecule has 1 unspecified atom stereocenters. The molecule has 0 aromatic heterocycles. The summed E-state index contributed by atoms with van der Waals surface area (Å²) in [7, 11) is 3.94. The van der Waals surface area contributed by atoms with E-state index < -0.39 is 5.60 Å². The number of nitrogens with one attached hydrogen (secondary N) is 1. The zero-order chi connectivity index (χ0) is 15.3. The Kier molecular flexibility index (Phi) is 5.15. The minimum absolute atomic E-state index is 0.0790. The van der Waals surface area contributed by atoms with Crippen LogP contribution in [-0.4, -0.2) is 44.6 Å². The van der Waals surface area contributed by atoms with Crippen molar-refractivity contribution in [1.82, 2.24) is 10.2 Å². The maximum atomic E-state index is 11.8. The van der Waals surface area contributed by atoms with Gasteiger partial charge in [-0.2, -0.15) is 0 Å². The maximum Gasteiger partial charge on any atom is 0.243 e. The van der Waals surface area contributed by atoms with Crippen LogP contribution in [0.3, 0.4) is 0 Å². The molecule has 1 amide bonds. The number of rotatable bonds is 5. The first kappa shape index (κ1) is 15.7. The molecule has 0 spiro atoms. The Morgan fingerprint density at radius 2 is 2.19 bits per heavy atom. The minimum atomic E-state index is -0.445. The Balaban J connectivity index is 1.97. The molecule has 1 atom stereocenters. The average Bonchev–Trinajstić information content (AvgIpc) is 2.45. The van der Waals surface area contributed by atoms with E-state index in [1.807, 2.05) is 44.1 Å². The van der Waals surface area contributed by atoms with Crippen LogP contribution in [0.15, 0.2) is 36.4 Å². The molecular weight excluding hydrogens is 264 g/mol. The van der Waals surface area contributed by atoms with Gasteiger partial charge < -0.3 is 15.0 Å². The summed E-state index contributed by atoms with van der Waals surface area (Å²) in [5, 5.41) is 2.94. The molecule has 1 N–H and O–H groups in total. The highest BCUT2D eigenvalue weighted by atomic mass is 16.5. The minimum Gasteiger partial charge on any atom is -0.368 e. The standard InChI is InChI=1S/C17H24N2O2/c1-17(13-18-16(20)9-6-11-19(2)3)15-8-5-4-7-14(15)10-12-21-17/h4-9H,10-13H2,1-3H3,(H,18,20)/b9-6+. The topological polar surface area (TPSA) is 41.6 Å². The van der Waals surface area contributed by atoms with Gasteiger partial charge in [0.2, 0.25) is 5.91 Å². The fourth-order valence-corrected chi connectivity index (χ4v) is 2.55. The number of carbonyl (C=O) groups is 1. The predicted octanol–water partition coefficient (Wildman–Crippen LogP) is 1.71. The lowest BCUT2D eigenvalue weighted by molar-refractivity contribution is -0.119. The highest BCUT2D eigenvalue weighted by molar-refractivity contribution is 5.87. The van der Waals surface area contributed by atoms with Gasteiger partial charge in [0.1, 0.15) is 5.60 Å². The fourth-order valence-electron chi connectivity index (χ4n) is 2.55. The molecule has 0 saturated carbocycles. The molecular formula is C17H24N2O2. The SMILES string of the molecule is CN(C)C/C=C/C(=O)NCC1(C)OCCc2ccccc21. The number of likely N-dealkylation sites (N-methyl/N-ethyl adjacent to an activating group) is 1. The number of hydrogen-bond acceptors (Lipinski definition) is 3. The van der Waals surface area contributed by atoms with E-state index in [1.165, 1.54) is 11.1 Å². The van der Waals surface area contributed by atoms with Crippen LogP contribution < -0.4 is 5.32 Å². The van der Waals surface area contributed by atoms with Gasteiger partial charge in [-0.1, -0.05) is 30.3 Å². The summed E-state index contributed by atoms with van der Waals surface area (Å²) < 4.78 is 5.94. The lowest BCUT2D eigenvalue weighted by Crippen LogP contribution is -2.43. The van der Waals surface area contributed by atoms with Crippen molar-refractivity contribution in [2.75, 3.05) is 33.8 Å². The number of ether oxygens (including phenoxy) is 1. The third-order valence-electron chi connectivity index (χ3n) is 3.72. The summed E-state index contributed by atoms with van der Waals surface area (Å²) in [5.74, 6) is -0.0790. The highest BCUT2D eigenvalue weighted by Gasteiger charge is 2.33. The molecule has 1 aromatic rings. The number of fused-ring (bicyclic) bond motifs is 1. The van der Waals surface area contributed by atoms with Crippen LogP contribution in [0.2, 0.25) is 0 Å². The molecule has 4 heteroatoms. The number of amides is 1. The van der Waals surface area contributed by atoms with Crippen LogP contribution in [0.25, 0.3) is 0 Å². The first-order valence-electron chi connectivity index (χ1n) is 7.33.